The van der Waals surface area contributed by atoms with Gasteiger partial charge in [0.15, 0.2) is 0 Å². The number of aryl methyl sites for hydroxylation is 1. The number of ether oxygens (including phenoxy) is 2. The quantitative estimate of drug-likeness (QED) is 0.806. The molecule has 0 aliphatic carbocycles. The number of nitrogens with zero attached hydrogens (tertiary/aromatic N) is 3. The number of nitrogens with one attached hydrogen (secondary N) is 1. The third-order valence-electron chi connectivity index (χ3n) is 5.75. The van der Waals surface area contributed by atoms with E-state index >= 15 is 0 Å². The fraction of sp³-hybridized carbons (Fsp3) is 0.500. The van der Waals surface area contributed by atoms with Gasteiger partial charge in [0, 0.05) is 19.3 Å². The number of fused-ring (bicyclic) bond motifs is 1. The molecule has 1 aromatic carbocycles. The number of piperidine rings is 1. The molecule has 2 saturated heterocycles. The molecule has 2 aliphatic heterocycles. The van der Waals surface area contributed by atoms with Crippen LogP contribution in [0.1, 0.15) is 29.8 Å². The molecule has 29 heavy (non-hydrogen) atoms. The lowest BCUT2D eigenvalue weighted by Gasteiger charge is -2.34. The number of rotatable bonds is 6. The maximum atomic E-state index is 12.6. The van der Waals surface area contributed by atoms with E-state index in [0.29, 0.717) is 12.5 Å². The highest BCUT2D eigenvalue weighted by Gasteiger charge is 2.41. The molecule has 4 rings (SSSR count). The predicted molar refractivity (Wildman–Crippen MR) is 108 cm³/mol. The largest absolute Gasteiger partial charge is 0.497 e. The van der Waals surface area contributed by atoms with E-state index in [1.807, 2.05) is 19.1 Å². The average molecular weight is 396 g/mol. The number of hydrogen-bond acceptors (Lipinski definition) is 6. The maximum Gasteiger partial charge on any atom is 0.249 e. The summed E-state index contributed by atoms with van der Waals surface area (Å²) in [5.74, 6) is 1.28. The molecule has 1 aromatic heterocycles. The van der Waals surface area contributed by atoms with Crippen molar-refractivity contribution in [3.8, 4) is 5.75 Å². The smallest absolute Gasteiger partial charge is 0.249 e. The molecule has 0 unspecified atom stereocenters. The average Bonchev–Trinajstić information content (AvgIpc) is 3.17. The summed E-state index contributed by atoms with van der Waals surface area (Å²) in [4.78, 5) is 23.4. The number of carbonyl (C=O) groups is 1. The Morgan fingerprint density at radius 1 is 1.34 bits per heavy atom. The Balaban J connectivity index is 1.28. The van der Waals surface area contributed by atoms with Gasteiger partial charge in [0.2, 0.25) is 5.91 Å². The highest BCUT2D eigenvalue weighted by Crippen LogP contribution is 2.34. The van der Waals surface area contributed by atoms with E-state index in [2.05, 4.69) is 32.3 Å². The van der Waals surface area contributed by atoms with Gasteiger partial charge in [0.05, 0.1) is 37.3 Å². The second-order valence-electron chi connectivity index (χ2n) is 7.90. The Labute approximate surface area is 171 Å². The molecule has 7 heteroatoms. The minimum absolute atomic E-state index is 0.0545. The SMILES string of the molecule is COc1cccc(CN2CC[C@H]3C[C@H](C(=O)NCc4cnc(C)cn4)O[C@@H]3C2)c1. The topological polar surface area (TPSA) is 76.6 Å². The normalized spacial score (nSPS) is 24.1. The van der Waals surface area contributed by atoms with Gasteiger partial charge in [0.1, 0.15) is 11.9 Å². The Morgan fingerprint density at radius 3 is 3.03 bits per heavy atom. The van der Waals surface area contributed by atoms with Crippen LogP contribution in [0, 0.1) is 12.8 Å². The standard InChI is InChI=1S/C22H28N4O3/c1-15-10-24-18(11-23-15)12-25-22(27)20-9-17-6-7-26(14-21(17)29-20)13-16-4-3-5-19(8-16)28-2/h3-5,8,10-11,17,20-21H,6-7,9,12-14H2,1-2H3,(H,25,27)/t17-,20+,21+/m0/s1. The third kappa shape index (κ3) is 4.92. The molecule has 3 atom stereocenters. The Hall–Kier alpha value is -2.51. The van der Waals surface area contributed by atoms with E-state index in [9.17, 15) is 4.79 Å². The van der Waals surface area contributed by atoms with Gasteiger partial charge in [-0.15, -0.1) is 0 Å². The minimum atomic E-state index is -0.375. The summed E-state index contributed by atoms with van der Waals surface area (Å²) < 4.78 is 11.5. The maximum absolute atomic E-state index is 12.6. The zero-order valence-electron chi connectivity index (χ0n) is 17.0. The minimum Gasteiger partial charge on any atom is -0.497 e. The van der Waals surface area contributed by atoms with Crippen molar-refractivity contribution in [3.05, 3.63) is 53.6 Å². The van der Waals surface area contributed by atoms with Crippen LogP contribution >= 0.6 is 0 Å². The number of methoxy groups -OCH3 is 1. The molecule has 0 spiro atoms. The van der Waals surface area contributed by atoms with Crippen molar-refractivity contribution >= 4 is 5.91 Å². The van der Waals surface area contributed by atoms with Crippen molar-refractivity contribution in [3.63, 3.8) is 0 Å². The molecule has 2 fully saturated rings. The van der Waals surface area contributed by atoms with Gasteiger partial charge in [-0.2, -0.15) is 0 Å². The van der Waals surface area contributed by atoms with Crippen molar-refractivity contribution in [1.82, 2.24) is 20.2 Å². The van der Waals surface area contributed by atoms with E-state index in [4.69, 9.17) is 9.47 Å². The van der Waals surface area contributed by atoms with Crippen LogP contribution in [0.4, 0.5) is 0 Å². The summed E-state index contributed by atoms with van der Waals surface area (Å²) in [6, 6.07) is 8.17. The van der Waals surface area contributed by atoms with Crippen molar-refractivity contribution in [2.45, 2.75) is 45.1 Å². The van der Waals surface area contributed by atoms with Gasteiger partial charge in [-0.3, -0.25) is 19.7 Å². The van der Waals surface area contributed by atoms with Crippen molar-refractivity contribution < 1.29 is 14.3 Å². The van der Waals surface area contributed by atoms with Gasteiger partial charge in [-0.05, 0) is 49.9 Å². The van der Waals surface area contributed by atoms with Crippen LogP contribution in [0.2, 0.25) is 0 Å². The second kappa shape index (κ2) is 8.88. The molecule has 0 bridgehead atoms. The van der Waals surface area contributed by atoms with Gasteiger partial charge >= 0.3 is 0 Å². The van der Waals surface area contributed by atoms with Crippen molar-refractivity contribution in [2.75, 3.05) is 20.2 Å². The summed E-state index contributed by atoms with van der Waals surface area (Å²) in [6.45, 7) is 5.02. The number of aromatic nitrogens is 2. The zero-order valence-corrected chi connectivity index (χ0v) is 17.0. The lowest BCUT2D eigenvalue weighted by atomic mass is 9.91. The van der Waals surface area contributed by atoms with Gasteiger partial charge in [0.25, 0.3) is 0 Å². The Kier molecular flexibility index (Phi) is 6.06. The fourth-order valence-electron chi connectivity index (χ4n) is 4.14. The Bertz CT molecular complexity index is 842. The zero-order chi connectivity index (χ0) is 20.2. The van der Waals surface area contributed by atoms with Crippen LogP contribution in [0.25, 0.3) is 0 Å². The van der Waals surface area contributed by atoms with Crippen molar-refractivity contribution in [2.24, 2.45) is 5.92 Å². The van der Waals surface area contributed by atoms with E-state index in [1.165, 1.54) is 5.56 Å². The third-order valence-corrected chi connectivity index (χ3v) is 5.75. The lowest BCUT2D eigenvalue weighted by Crippen LogP contribution is -2.42. The number of benzene rings is 1. The first kappa shape index (κ1) is 19.8. The van der Waals surface area contributed by atoms with E-state index in [-0.39, 0.29) is 18.1 Å². The molecule has 2 aromatic rings. The van der Waals surface area contributed by atoms with E-state index in [0.717, 1.165) is 49.6 Å². The number of hydrogen-bond donors (Lipinski definition) is 1. The van der Waals surface area contributed by atoms with Crippen LogP contribution in [0.15, 0.2) is 36.7 Å². The van der Waals surface area contributed by atoms with E-state index in [1.54, 1.807) is 19.5 Å². The number of amides is 1. The summed E-state index contributed by atoms with van der Waals surface area (Å²) >= 11 is 0. The molecular weight excluding hydrogens is 368 g/mol. The number of carbonyl (C=O) groups excluding carboxylic acids is 1. The molecular formula is C22H28N4O3. The van der Waals surface area contributed by atoms with Gasteiger partial charge in [-0.25, -0.2) is 0 Å². The molecule has 0 saturated carbocycles. The summed E-state index contributed by atoms with van der Waals surface area (Å²) in [5, 5.41) is 2.94. The first-order chi connectivity index (χ1) is 14.1. The van der Waals surface area contributed by atoms with E-state index < -0.39 is 0 Å². The van der Waals surface area contributed by atoms with Crippen molar-refractivity contribution in [1.29, 1.82) is 0 Å². The lowest BCUT2D eigenvalue weighted by molar-refractivity contribution is -0.133. The molecule has 7 nitrogen and oxygen atoms in total. The fourth-order valence-corrected chi connectivity index (χ4v) is 4.14. The second-order valence-corrected chi connectivity index (χ2v) is 7.90. The highest BCUT2D eigenvalue weighted by atomic mass is 16.5. The van der Waals surface area contributed by atoms with Crippen LogP contribution in [0.3, 0.4) is 0 Å². The molecule has 3 heterocycles. The molecule has 2 aliphatic rings. The van der Waals surface area contributed by atoms with Crippen LogP contribution in [-0.4, -0.2) is 53.2 Å². The monoisotopic (exact) mass is 396 g/mol. The highest BCUT2D eigenvalue weighted by molar-refractivity contribution is 5.81. The summed E-state index contributed by atoms with van der Waals surface area (Å²) in [5.41, 5.74) is 2.85. The first-order valence-electron chi connectivity index (χ1n) is 10.2. The molecule has 1 N–H and O–H groups in total. The Morgan fingerprint density at radius 2 is 2.24 bits per heavy atom. The van der Waals surface area contributed by atoms with Crippen LogP contribution < -0.4 is 10.1 Å². The first-order valence-corrected chi connectivity index (χ1v) is 10.2. The summed E-state index contributed by atoms with van der Waals surface area (Å²) in [7, 11) is 1.69. The summed E-state index contributed by atoms with van der Waals surface area (Å²) in [6.07, 6.45) is 5.00. The van der Waals surface area contributed by atoms with Gasteiger partial charge < -0.3 is 14.8 Å². The van der Waals surface area contributed by atoms with Gasteiger partial charge in [-0.1, -0.05) is 12.1 Å². The molecule has 154 valence electrons. The molecule has 1 amide bonds. The molecule has 0 radical (unpaired) electrons. The van der Waals surface area contributed by atoms with Crippen LogP contribution in [0.5, 0.6) is 5.75 Å². The predicted octanol–water partition coefficient (Wildman–Crippen LogP) is 2.09. The van der Waals surface area contributed by atoms with Crippen LogP contribution in [-0.2, 0) is 22.6 Å². The number of likely N-dealkylation sites (tertiary alicyclic amines) is 1.